The number of morpholine rings is 1. The quantitative estimate of drug-likeness (QED) is 0.515. The zero-order valence-electron chi connectivity index (χ0n) is 14.9. The molecule has 9 heteroatoms. The van der Waals surface area contributed by atoms with Gasteiger partial charge in [-0.15, -0.1) is 0 Å². The van der Waals surface area contributed by atoms with Crippen LogP contribution in [-0.2, 0) is 4.74 Å². The van der Waals surface area contributed by atoms with Gasteiger partial charge in [-0.1, -0.05) is 0 Å². The summed E-state index contributed by atoms with van der Waals surface area (Å²) in [7, 11) is 0. The molecule has 2 fully saturated rings. The van der Waals surface area contributed by atoms with Crippen LogP contribution in [0, 0.1) is 5.92 Å². The van der Waals surface area contributed by atoms with E-state index in [0.717, 1.165) is 58.3 Å². The number of hydrogen-bond donors (Lipinski definition) is 2. The van der Waals surface area contributed by atoms with Crippen LogP contribution in [0.5, 0.6) is 0 Å². The molecule has 0 aliphatic carbocycles. The minimum atomic E-state index is -4.12. The number of hydrogen-bond acceptors (Lipinski definition) is 4. The third-order valence-corrected chi connectivity index (χ3v) is 4.45. The Morgan fingerprint density at radius 1 is 1.16 bits per heavy atom. The molecule has 0 aromatic carbocycles. The predicted molar refractivity (Wildman–Crippen MR) is 91.8 cm³/mol. The monoisotopic (exact) mass is 365 g/mol. The van der Waals surface area contributed by atoms with Crippen LogP contribution < -0.4 is 10.6 Å². The van der Waals surface area contributed by atoms with Gasteiger partial charge in [-0.2, -0.15) is 13.2 Å². The van der Waals surface area contributed by atoms with Crippen molar-refractivity contribution in [1.82, 2.24) is 20.4 Å². The minimum Gasteiger partial charge on any atom is -0.379 e. The van der Waals surface area contributed by atoms with Crippen LogP contribution in [0.1, 0.15) is 13.3 Å². The molecule has 1 atom stereocenters. The Balaban J connectivity index is 1.69. The van der Waals surface area contributed by atoms with Gasteiger partial charge in [0.05, 0.1) is 19.8 Å². The molecule has 2 N–H and O–H groups in total. The molecular weight excluding hydrogens is 335 g/mol. The number of aliphatic imine (C=N–C) groups is 1. The summed E-state index contributed by atoms with van der Waals surface area (Å²) in [6.45, 7) is 8.65. The van der Waals surface area contributed by atoms with Gasteiger partial charge in [-0.25, -0.2) is 0 Å². The van der Waals surface area contributed by atoms with E-state index in [4.69, 9.17) is 4.74 Å². The second-order valence-electron chi connectivity index (χ2n) is 6.61. The lowest BCUT2D eigenvalue weighted by Crippen LogP contribution is -2.44. The van der Waals surface area contributed by atoms with Gasteiger partial charge < -0.3 is 15.4 Å². The molecule has 2 heterocycles. The molecule has 2 aliphatic heterocycles. The number of rotatable bonds is 7. The standard InChI is InChI=1S/C16H30F3N5O/c1-2-20-15(21-4-6-23-7-9-25-10-8-23)22-11-14-3-5-24(12-14)13-16(17,18)19/h14H,2-13H2,1H3,(H2,20,21,22). The van der Waals surface area contributed by atoms with Crippen molar-refractivity contribution in [3.8, 4) is 0 Å². The van der Waals surface area contributed by atoms with Crippen molar-refractivity contribution in [3.63, 3.8) is 0 Å². The molecule has 25 heavy (non-hydrogen) atoms. The lowest BCUT2D eigenvalue weighted by atomic mass is 10.1. The molecule has 6 nitrogen and oxygen atoms in total. The molecule has 0 amide bonds. The van der Waals surface area contributed by atoms with Crippen LogP contribution >= 0.6 is 0 Å². The van der Waals surface area contributed by atoms with Crippen molar-refractivity contribution in [1.29, 1.82) is 0 Å². The highest BCUT2D eigenvalue weighted by Crippen LogP contribution is 2.22. The highest BCUT2D eigenvalue weighted by atomic mass is 19.4. The van der Waals surface area contributed by atoms with Gasteiger partial charge in [0.25, 0.3) is 0 Å². The summed E-state index contributed by atoms with van der Waals surface area (Å²) in [5, 5.41) is 6.50. The minimum absolute atomic E-state index is 0.192. The summed E-state index contributed by atoms with van der Waals surface area (Å²) in [4.78, 5) is 8.36. The topological polar surface area (TPSA) is 52.1 Å². The van der Waals surface area contributed by atoms with Crippen LogP contribution in [0.2, 0.25) is 0 Å². The van der Waals surface area contributed by atoms with E-state index in [0.29, 0.717) is 19.6 Å². The maximum Gasteiger partial charge on any atom is 0.401 e. The first-order chi connectivity index (χ1) is 12.0. The summed E-state index contributed by atoms with van der Waals surface area (Å²) in [6, 6.07) is 0. The molecule has 2 aliphatic rings. The number of nitrogens with zero attached hydrogens (tertiary/aromatic N) is 3. The first kappa shape index (κ1) is 20.3. The highest BCUT2D eigenvalue weighted by molar-refractivity contribution is 5.79. The SMILES string of the molecule is CCNC(=NCC1CCN(CC(F)(F)F)C1)NCCN1CCOCC1. The normalized spacial score (nSPS) is 23.8. The van der Waals surface area contributed by atoms with Gasteiger partial charge in [-0.3, -0.25) is 14.8 Å². The van der Waals surface area contributed by atoms with Crippen molar-refractivity contribution in [2.24, 2.45) is 10.9 Å². The summed E-state index contributed by atoms with van der Waals surface area (Å²) in [6.07, 6.45) is -3.35. The van der Waals surface area contributed by atoms with Gasteiger partial charge in [0.15, 0.2) is 5.96 Å². The Labute approximate surface area is 147 Å². The number of likely N-dealkylation sites (tertiary alicyclic amines) is 1. The molecule has 0 aromatic rings. The molecule has 0 spiro atoms. The number of alkyl halides is 3. The van der Waals surface area contributed by atoms with E-state index >= 15 is 0 Å². The zero-order chi connectivity index (χ0) is 18.1. The lowest BCUT2D eigenvalue weighted by Gasteiger charge is -2.26. The Bertz CT molecular complexity index is 413. The number of nitrogens with one attached hydrogen (secondary N) is 2. The van der Waals surface area contributed by atoms with Gasteiger partial charge in [0, 0.05) is 45.8 Å². The largest absolute Gasteiger partial charge is 0.401 e. The Kier molecular flexibility index (Phi) is 8.25. The highest BCUT2D eigenvalue weighted by Gasteiger charge is 2.34. The zero-order valence-corrected chi connectivity index (χ0v) is 14.9. The third kappa shape index (κ3) is 8.24. The van der Waals surface area contributed by atoms with Crippen molar-refractivity contribution < 1.29 is 17.9 Å². The average Bonchev–Trinajstić information content (AvgIpc) is 2.99. The second-order valence-corrected chi connectivity index (χ2v) is 6.61. The van der Waals surface area contributed by atoms with E-state index in [9.17, 15) is 13.2 Å². The van der Waals surface area contributed by atoms with Gasteiger partial charge >= 0.3 is 6.18 Å². The molecular formula is C16H30F3N5O. The predicted octanol–water partition coefficient (Wildman–Crippen LogP) is 0.758. The maximum absolute atomic E-state index is 12.4. The Morgan fingerprint density at radius 3 is 2.60 bits per heavy atom. The first-order valence-electron chi connectivity index (χ1n) is 9.07. The van der Waals surface area contributed by atoms with Gasteiger partial charge in [-0.05, 0) is 25.8 Å². The van der Waals surface area contributed by atoms with E-state index in [1.807, 2.05) is 6.92 Å². The smallest absolute Gasteiger partial charge is 0.379 e. The van der Waals surface area contributed by atoms with Crippen LogP contribution in [-0.4, -0.2) is 94.1 Å². The maximum atomic E-state index is 12.4. The fourth-order valence-corrected chi connectivity index (χ4v) is 3.18. The Hall–Kier alpha value is -1.06. The van der Waals surface area contributed by atoms with Gasteiger partial charge in [0.2, 0.25) is 0 Å². The van der Waals surface area contributed by atoms with Crippen LogP contribution in [0.25, 0.3) is 0 Å². The second kappa shape index (κ2) is 10.2. The number of ether oxygens (including phenoxy) is 1. The molecule has 146 valence electrons. The molecule has 0 bridgehead atoms. The molecule has 0 saturated carbocycles. The van der Waals surface area contributed by atoms with Crippen molar-refractivity contribution in [2.75, 3.05) is 72.1 Å². The summed E-state index contributed by atoms with van der Waals surface area (Å²) in [5.41, 5.74) is 0. The summed E-state index contributed by atoms with van der Waals surface area (Å²) >= 11 is 0. The van der Waals surface area contributed by atoms with Crippen LogP contribution in [0.4, 0.5) is 13.2 Å². The third-order valence-electron chi connectivity index (χ3n) is 4.45. The molecule has 0 radical (unpaired) electrons. The van der Waals surface area contributed by atoms with E-state index in [1.165, 1.54) is 4.90 Å². The van der Waals surface area contributed by atoms with Crippen molar-refractivity contribution >= 4 is 5.96 Å². The number of guanidine groups is 1. The summed E-state index contributed by atoms with van der Waals surface area (Å²) in [5.74, 6) is 0.932. The van der Waals surface area contributed by atoms with E-state index in [-0.39, 0.29) is 5.92 Å². The van der Waals surface area contributed by atoms with E-state index in [1.54, 1.807) is 0 Å². The van der Waals surface area contributed by atoms with Gasteiger partial charge in [0.1, 0.15) is 0 Å². The average molecular weight is 365 g/mol. The molecule has 2 rings (SSSR count). The lowest BCUT2D eigenvalue weighted by molar-refractivity contribution is -0.143. The number of halogens is 3. The van der Waals surface area contributed by atoms with Crippen LogP contribution in [0.3, 0.4) is 0 Å². The van der Waals surface area contributed by atoms with E-state index < -0.39 is 12.7 Å². The summed E-state index contributed by atoms with van der Waals surface area (Å²) < 4.78 is 42.7. The van der Waals surface area contributed by atoms with Crippen molar-refractivity contribution in [2.45, 2.75) is 19.5 Å². The molecule has 1 unspecified atom stereocenters. The fraction of sp³-hybridized carbons (Fsp3) is 0.938. The fourth-order valence-electron chi connectivity index (χ4n) is 3.18. The van der Waals surface area contributed by atoms with Crippen molar-refractivity contribution in [3.05, 3.63) is 0 Å². The van der Waals surface area contributed by atoms with E-state index in [2.05, 4.69) is 20.5 Å². The van der Waals surface area contributed by atoms with Crippen LogP contribution in [0.15, 0.2) is 4.99 Å². The molecule has 2 saturated heterocycles. The first-order valence-corrected chi connectivity index (χ1v) is 9.07. The Morgan fingerprint density at radius 2 is 1.92 bits per heavy atom. The molecule has 0 aromatic heterocycles.